The first-order chi connectivity index (χ1) is 17.5. The Labute approximate surface area is 212 Å². The number of aromatic carboxylic acids is 1. The van der Waals surface area contributed by atoms with Crippen LogP contribution in [0.3, 0.4) is 0 Å². The topological polar surface area (TPSA) is 64.2 Å². The van der Waals surface area contributed by atoms with Crippen LogP contribution < -0.4 is 5.69 Å². The molecule has 0 spiro atoms. The molecule has 4 aromatic rings. The number of imidazole rings is 1. The minimum Gasteiger partial charge on any atom is -0.478 e. The maximum absolute atomic E-state index is 13.4. The largest absolute Gasteiger partial charge is 0.478 e. The van der Waals surface area contributed by atoms with Gasteiger partial charge >= 0.3 is 11.7 Å². The van der Waals surface area contributed by atoms with Crippen molar-refractivity contribution < 1.29 is 9.90 Å². The summed E-state index contributed by atoms with van der Waals surface area (Å²) in [6.07, 6.45) is 4.61. The lowest BCUT2D eigenvalue weighted by Crippen LogP contribution is -2.26. The van der Waals surface area contributed by atoms with E-state index in [2.05, 4.69) is 26.0 Å². The number of aryl methyl sites for hydroxylation is 2. The Hall–Kier alpha value is -3.86. The molecule has 0 fully saturated rings. The first kappa shape index (κ1) is 25.2. The fraction of sp³-hybridized carbons (Fsp3) is 0.290. The van der Waals surface area contributed by atoms with Crippen LogP contribution in [-0.2, 0) is 32.4 Å². The Morgan fingerprint density at radius 2 is 1.39 bits per heavy atom. The molecule has 1 N–H and O–H groups in total. The van der Waals surface area contributed by atoms with Crippen molar-refractivity contribution in [2.45, 2.75) is 59.0 Å². The zero-order chi connectivity index (χ0) is 25.5. The van der Waals surface area contributed by atoms with Gasteiger partial charge in [0.25, 0.3) is 0 Å². The average Bonchev–Trinajstić information content (AvgIpc) is 3.13. The SMILES string of the molecule is CCCCc1c(C)n(CCc2ccccc2)c(=O)n1CCc1ccc(-c2ccccc2C(=O)O)cc1. The zero-order valence-electron chi connectivity index (χ0n) is 21.1. The van der Waals surface area contributed by atoms with Crippen LogP contribution in [0.15, 0.2) is 83.7 Å². The minimum atomic E-state index is -0.930. The maximum atomic E-state index is 13.4. The smallest absolute Gasteiger partial charge is 0.336 e. The van der Waals surface area contributed by atoms with E-state index in [1.165, 1.54) is 5.56 Å². The third kappa shape index (κ3) is 5.68. The minimum absolute atomic E-state index is 0.0709. The van der Waals surface area contributed by atoms with Gasteiger partial charge in [-0.2, -0.15) is 0 Å². The lowest BCUT2D eigenvalue weighted by molar-refractivity contribution is 0.0697. The quantitative estimate of drug-likeness (QED) is 0.279. The van der Waals surface area contributed by atoms with Gasteiger partial charge in [0.1, 0.15) is 0 Å². The van der Waals surface area contributed by atoms with Gasteiger partial charge in [0, 0.05) is 24.5 Å². The predicted molar refractivity (Wildman–Crippen MR) is 145 cm³/mol. The molecule has 0 unspecified atom stereocenters. The molecule has 36 heavy (non-hydrogen) atoms. The number of carbonyl (C=O) groups is 1. The molecule has 186 valence electrons. The molecule has 0 aliphatic rings. The van der Waals surface area contributed by atoms with Gasteiger partial charge in [0.05, 0.1) is 5.56 Å². The Morgan fingerprint density at radius 1 is 0.778 bits per heavy atom. The second kappa shape index (κ2) is 11.7. The van der Waals surface area contributed by atoms with Crippen LogP contribution in [0.25, 0.3) is 11.1 Å². The fourth-order valence-corrected chi connectivity index (χ4v) is 4.81. The number of aromatic nitrogens is 2. The van der Waals surface area contributed by atoms with Crippen molar-refractivity contribution in [2.75, 3.05) is 0 Å². The normalized spacial score (nSPS) is 11.1. The summed E-state index contributed by atoms with van der Waals surface area (Å²) in [7, 11) is 0. The number of nitrogens with zero attached hydrogens (tertiary/aromatic N) is 2. The monoisotopic (exact) mass is 482 g/mol. The maximum Gasteiger partial charge on any atom is 0.336 e. The molecule has 0 bridgehead atoms. The van der Waals surface area contributed by atoms with Crippen LogP contribution in [0.4, 0.5) is 0 Å². The number of benzene rings is 3. The van der Waals surface area contributed by atoms with Crippen LogP contribution in [0.2, 0.25) is 0 Å². The number of hydrogen-bond donors (Lipinski definition) is 1. The number of unbranched alkanes of at least 4 members (excludes halogenated alkanes) is 1. The van der Waals surface area contributed by atoms with Crippen molar-refractivity contribution in [1.29, 1.82) is 0 Å². The van der Waals surface area contributed by atoms with Crippen molar-refractivity contribution in [3.8, 4) is 11.1 Å². The summed E-state index contributed by atoms with van der Waals surface area (Å²) in [4.78, 5) is 25.0. The summed E-state index contributed by atoms with van der Waals surface area (Å²) in [5, 5.41) is 9.50. The van der Waals surface area contributed by atoms with Crippen LogP contribution in [0.5, 0.6) is 0 Å². The van der Waals surface area contributed by atoms with Crippen molar-refractivity contribution in [3.63, 3.8) is 0 Å². The van der Waals surface area contributed by atoms with Gasteiger partial charge < -0.3 is 5.11 Å². The predicted octanol–water partition coefficient (Wildman–Crippen LogP) is 6.15. The Balaban J connectivity index is 1.53. The number of carboxylic acid groups (broad SMARTS) is 1. The van der Waals surface area contributed by atoms with Crippen LogP contribution >= 0.6 is 0 Å². The van der Waals surface area contributed by atoms with Crippen molar-refractivity contribution in [2.24, 2.45) is 0 Å². The van der Waals surface area contributed by atoms with Gasteiger partial charge in [-0.3, -0.25) is 9.13 Å². The lowest BCUT2D eigenvalue weighted by atomic mass is 9.98. The van der Waals surface area contributed by atoms with E-state index in [4.69, 9.17) is 0 Å². The summed E-state index contributed by atoms with van der Waals surface area (Å²) in [5.41, 5.74) is 6.52. The molecular formula is C31H34N2O3. The molecule has 0 saturated carbocycles. The summed E-state index contributed by atoms with van der Waals surface area (Å²) < 4.78 is 3.90. The summed E-state index contributed by atoms with van der Waals surface area (Å²) in [6, 6.07) is 25.3. The van der Waals surface area contributed by atoms with Gasteiger partial charge in [-0.1, -0.05) is 86.1 Å². The Kier molecular flexibility index (Phi) is 8.21. The zero-order valence-corrected chi connectivity index (χ0v) is 21.1. The Bertz CT molecular complexity index is 1370. The highest BCUT2D eigenvalue weighted by Gasteiger charge is 2.17. The summed E-state index contributed by atoms with van der Waals surface area (Å²) in [5.74, 6) is -0.930. The fourth-order valence-electron chi connectivity index (χ4n) is 4.81. The molecule has 3 aromatic carbocycles. The molecule has 0 aliphatic heterocycles. The molecule has 5 heteroatoms. The van der Waals surface area contributed by atoms with E-state index in [-0.39, 0.29) is 5.69 Å². The van der Waals surface area contributed by atoms with Crippen molar-refractivity contribution in [3.05, 3.63) is 117 Å². The molecular weight excluding hydrogens is 448 g/mol. The number of hydrogen-bond acceptors (Lipinski definition) is 2. The van der Waals surface area contributed by atoms with Crippen molar-refractivity contribution in [1.82, 2.24) is 9.13 Å². The van der Waals surface area contributed by atoms with Gasteiger partial charge in [-0.25, -0.2) is 9.59 Å². The number of carboxylic acids is 1. The molecule has 0 aliphatic carbocycles. The van der Waals surface area contributed by atoms with E-state index < -0.39 is 5.97 Å². The molecule has 0 atom stereocenters. The molecule has 5 nitrogen and oxygen atoms in total. The molecule has 0 saturated heterocycles. The highest BCUT2D eigenvalue weighted by Crippen LogP contribution is 2.24. The second-order valence-electron chi connectivity index (χ2n) is 9.25. The number of rotatable bonds is 11. The van der Waals surface area contributed by atoms with Gasteiger partial charge in [-0.15, -0.1) is 0 Å². The van der Waals surface area contributed by atoms with E-state index in [1.54, 1.807) is 12.1 Å². The van der Waals surface area contributed by atoms with Crippen LogP contribution in [0, 0.1) is 6.92 Å². The van der Waals surface area contributed by atoms with E-state index in [1.807, 2.05) is 63.7 Å². The third-order valence-electron chi connectivity index (χ3n) is 6.89. The van der Waals surface area contributed by atoms with E-state index in [0.29, 0.717) is 24.2 Å². The molecule has 0 amide bonds. The highest BCUT2D eigenvalue weighted by molar-refractivity contribution is 5.95. The standard InChI is InChI=1S/C31H34N2O3/c1-3-4-14-29-23(2)32(21-19-24-10-6-5-7-11-24)31(36)33(29)22-20-25-15-17-26(18-16-25)27-12-8-9-13-28(27)30(34)35/h5-13,15-18H,3-4,14,19-22H2,1-2H3,(H,34,35). The van der Waals surface area contributed by atoms with E-state index >= 15 is 0 Å². The van der Waals surface area contributed by atoms with E-state index in [0.717, 1.165) is 54.6 Å². The first-order valence-electron chi connectivity index (χ1n) is 12.7. The molecule has 1 heterocycles. The molecule has 1 aromatic heterocycles. The Morgan fingerprint density at radius 3 is 2.06 bits per heavy atom. The van der Waals surface area contributed by atoms with Crippen LogP contribution in [-0.4, -0.2) is 20.2 Å². The lowest BCUT2D eigenvalue weighted by Gasteiger charge is -2.10. The van der Waals surface area contributed by atoms with Gasteiger partial charge in [0.2, 0.25) is 0 Å². The third-order valence-corrected chi connectivity index (χ3v) is 6.89. The molecule has 0 radical (unpaired) electrons. The highest BCUT2D eigenvalue weighted by atomic mass is 16.4. The second-order valence-corrected chi connectivity index (χ2v) is 9.25. The van der Waals surface area contributed by atoms with Gasteiger partial charge in [-0.05, 0) is 60.9 Å². The first-order valence-corrected chi connectivity index (χ1v) is 12.7. The summed E-state index contributed by atoms with van der Waals surface area (Å²) in [6.45, 7) is 5.55. The van der Waals surface area contributed by atoms with E-state index in [9.17, 15) is 14.7 Å². The van der Waals surface area contributed by atoms with Crippen molar-refractivity contribution >= 4 is 5.97 Å². The average molecular weight is 483 g/mol. The van der Waals surface area contributed by atoms with Gasteiger partial charge in [0.15, 0.2) is 0 Å². The molecule has 4 rings (SSSR count). The summed E-state index contributed by atoms with van der Waals surface area (Å²) >= 11 is 0. The van der Waals surface area contributed by atoms with Crippen LogP contribution in [0.1, 0.15) is 52.6 Å².